The molecular weight excluding hydrogens is 446 g/mol. The van der Waals surface area contributed by atoms with Crippen LogP contribution in [-0.2, 0) is 11.4 Å². The highest BCUT2D eigenvalue weighted by atomic mass is 32.2. The lowest BCUT2D eigenvalue weighted by Crippen LogP contribution is -2.00. The lowest BCUT2D eigenvalue weighted by atomic mass is 10.3. The molecule has 4 N–H and O–H groups in total. The first-order valence-electron chi connectivity index (χ1n) is 5.87. The van der Waals surface area contributed by atoms with Gasteiger partial charge in [0.25, 0.3) is 11.4 Å². The van der Waals surface area contributed by atoms with Crippen molar-refractivity contribution < 1.29 is 67.4 Å². The molecule has 0 atom stereocenters. The van der Waals surface area contributed by atoms with Crippen molar-refractivity contribution in [3.8, 4) is 11.5 Å². The van der Waals surface area contributed by atoms with E-state index >= 15 is 0 Å². The number of halogens is 10. The zero-order valence-electron chi connectivity index (χ0n) is 12.4. The first kappa shape index (κ1) is 25.4. The summed E-state index contributed by atoms with van der Waals surface area (Å²) in [6.07, 6.45) is 0. The quantitative estimate of drug-likeness (QED) is 0.212. The Bertz CT molecular complexity index is 626. The van der Waals surface area contributed by atoms with Gasteiger partial charge in [-0.2, -0.15) is 21.8 Å². The van der Waals surface area contributed by atoms with Gasteiger partial charge in [0.2, 0.25) is 58.2 Å². The average Bonchev–Trinajstić information content (AvgIpc) is 2.64. The molecule has 2 aromatic carbocycles. The number of phenolic OH excluding ortho intramolecular Hbond substituents is 2. The van der Waals surface area contributed by atoms with Crippen LogP contribution in [0.3, 0.4) is 0 Å². The molecule has 0 radical (unpaired) electrons. The molecule has 16 heteroatoms. The van der Waals surface area contributed by atoms with Crippen LogP contribution in [0.25, 0.3) is 0 Å². The number of hydrogen-bond donors (Lipinski definition) is 4. The van der Waals surface area contributed by atoms with Crippen molar-refractivity contribution in [2.75, 3.05) is 0 Å². The molecule has 0 aliphatic heterocycles. The molecule has 0 aliphatic rings. The highest BCUT2D eigenvalue weighted by Crippen LogP contribution is 2.28. The molecule has 0 spiro atoms. The summed E-state index contributed by atoms with van der Waals surface area (Å²) in [6.45, 7) is 0. The van der Waals surface area contributed by atoms with E-state index in [1.165, 1.54) is 0 Å². The van der Waals surface area contributed by atoms with Gasteiger partial charge in [0.05, 0.1) is 0 Å². The maximum atomic E-state index is 12.2. The summed E-state index contributed by atoms with van der Waals surface area (Å²) in [4.78, 5) is 0. The molecule has 0 amide bonds. The first-order chi connectivity index (χ1) is 12.7. The third kappa shape index (κ3) is 5.70. The molecule has 0 saturated heterocycles. The normalized spacial score (nSPS) is 10.2. The molecule has 2 aromatic rings. The second kappa shape index (κ2) is 10.1. The van der Waals surface area contributed by atoms with E-state index in [4.69, 9.17) is 23.5 Å². The largest absolute Gasteiger partial charge is 0.503 e. The number of aromatic hydroxyl groups is 2. The third-order valence-electron chi connectivity index (χ3n) is 2.37. The summed E-state index contributed by atoms with van der Waals surface area (Å²) in [7, 11) is 0. The Morgan fingerprint density at radius 2 is 0.536 bits per heavy atom. The lowest BCUT2D eigenvalue weighted by molar-refractivity contribution is 0.325. The van der Waals surface area contributed by atoms with Gasteiger partial charge >= 0.3 is 0 Å². The van der Waals surface area contributed by atoms with Crippen LogP contribution in [0.2, 0.25) is 0 Å². The highest BCUT2D eigenvalue weighted by molar-refractivity contribution is 7.73. The van der Waals surface area contributed by atoms with E-state index in [1.807, 2.05) is 0 Å². The summed E-state index contributed by atoms with van der Waals surface area (Å²) in [5, 5.41) is 16.6. The monoisotopic (exact) mass is 450 g/mol. The molecule has 28 heavy (non-hydrogen) atoms. The van der Waals surface area contributed by atoms with Crippen molar-refractivity contribution in [2.24, 2.45) is 0 Å². The second-order valence-corrected chi connectivity index (χ2v) is 4.53. The van der Waals surface area contributed by atoms with Gasteiger partial charge in [-0.15, -0.1) is 0 Å². The van der Waals surface area contributed by atoms with Crippen LogP contribution in [-0.4, -0.2) is 23.5 Å². The Kier molecular flexibility index (Phi) is 9.16. The number of benzene rings is 2. The molecule has 0 unspecified atom stereocenters. The lowest BCUT2D eigenvalue weighted by Gasteiger charge is -2.00. The van der Waals surface area contributed by atoms with E-state index in [2.05, 4.69) is 0 Å². The van der Waals surface area contributed by atoms with Crippen LogP contribution in [0, 0.1) is 58.2 Å². The minimum atomic E-state index is -2.61. The maximum absolute atomic E-state index is 12.2. The molecule has 0 aliphatic carbocycles. The standard InChI is InChI=1S/2C6HF5O.H2O3S/c2*7-1-2(8)4(10)6(12)5(11)3(1)9;1-4(2)3/h2*12H;(H2,1,2,3). The van der Waals surface area contributed by atoms with E-state index in [0.717, 1.165) is 0 Å². The van der Waals surface area contributed by atoms with Gasteiger partial charge in [0.1, 0.15) is 0 Å². The van der Waals surface area contributed by atoms with Crippen molar-refractivity contribution in [1.29, 1.82) is 0 Å². The highest BCUT2D eigenvalue weighted by Gasteiger charge is 2.25. The Labute approximate surface area is 149 Å². The molecule has 2 rings (SSSR count). The van der Waals surface area contributed by atoms with Gasteiger partial charge < -0.3 is 10.2 Å². The smallest absolute Gasteiger partial charge is 0.299 e. The SMILES string of the molecule is O=S(O)O.Oc1c(F)c(F)c(F)c(F)c1F.Oc1c(F)c(F)c(F)c(F)c1F. The van der Waals surface area contributed by atoms with Crippen molar-refractivity contribution in [3.05, 3.63) is 58.2 Å². The second-order valence-electron chi connectivity index (χ2n) is 4.07. The molecule has 0 fully saturated rings. The zero-order chi connectivity index (χ0) is 22.5. The molecule has 0 heterocycles. The van der Waals surface area contributed by atoms with Crippen LogP contribution in [0.4, 0.5) is 43.9 Å². The Morgan fingerprint density at radius 3 is 0.679 bits per heavy atom. The summed E-state index contributed by atoms with van der Waals surface area (Å²) >= 11 is -2.61. The summed E-state index contributed by atoms with van der Waals surface area (Å²) in [5.74, 6) is -25.9. The van der Waals surface area contributed by atoms with Crippen LogP contribution in [0.5, 0.6) is 11.5 Å². The summed E-state index contributed by atoms with van der Waals surface area (Å²) in [5.41, 5.74) is 0. The van der Waals surface area contributed by atoms with Gasteiger partial charge in [0.15, 0.2) is 11.5 Å². The molecule has 158 valence electrons. The minimum Gasteiger partial charge on any atom is -0.503 e. The van der Waals surface area contributed by atoms with E-state index in [1.54, 1.807) is 0 Å². The zero-order valence-corrected chi connectivity index (χ0v) is 13.2. The fraction of sp³-hybridized carbons (Fsp3) is 0. The molecular formula is C12H4F10O5S. The van der Waals surface area contributed by atoms with E-state index < -0.39 is 81.0 Å². The number of phenols is 2. The summed E-state index contributed by atoms with van der Waals surface area (Å²) < 4.78 is 144. The number of hydrogen-bond acceptors (Lipinski definition) is 3. The van der Waals surface area contributed by atoms with Crippen molar-refractivity contribution >= 4 is 11.4 Å². The first-order valence-corrected chi connectivity index (χ1v) is 6.93. The van der Waals surface area contributed by atoms with Crippen LogP contribution in [0.1, 0.15) is 0 Å². The molecule has 0 aromatic heterocycles. The third-order valence-corrected chi connectivity index (χ3v) is 2.37. The Hall–Kier alpha value is -2.59. The van der Waals surface area contributed by atoms with Crippen molar-refractivity contribution in [2.45, 2.75) is 0 Å². The van der Waals surface area contributed by atoms with E-state index in [-0.39, 0.29) is 0 Å². The van der Waals surface area contributed by atoms with Crippen molar-refractivity contribution in [1.82, 2.24) is 0 Å². The predicted octanol–water partition coefficient (Wildman–Crippen LogP) is 3.86. The summed E-state index contributed by atoms with van der Waals surface area (Å²) in [6, 6.07) is 0. The average molecular weight is 450 g/mol. The van der Waals surface area contributed by atoms with Gasteiger partial charge in [-0.25, -0.2) is 26.3 Å². The Morgan fingerprint density at radius 1 is 0.429 bits per heavy atom. The molecule has 0 saturated carbocycles. The van der Waals surface area contributed by atoms with Gasteiger partial charge in [-0.05, 0) is 0 Å². The predicted molar refractivity (Wildman–Crippen MR) is 69.2 cm³/mol. The van der Waals surface area contributed by atoms with E-state index in [9.17, 15) is 43.9 Å². The van der Waals surface area contributed by atoms with Gasteiger partial charge in [0, 0.05) is 0 Å². The fourth-order valence-electron chi connectivity index (χ4n) is 1.19. The van der Waals surface area contributed by atoms with Crippen LogP contribution < -0.4 is 0 Å². The van der Waals surface area contributed by atoms with E-state index in [0.29, 0.717) is 0 Å². The topological polar surface area (TPSA) is 98.0 Å². The van der Waals surface area contributed by atoms with Gasteiger partial charge in [-0.3, -0.25) is 9.11 Å². The van der Waals surface area contributed by atoms with Crippen LogP contribution >= 0.6 is 0 Å². The minimum absolute atomic E-state index is 1.87. The Balaban J connectivity index is 0.000000439. The fourth-order valence-corrected chi connectivity index (χ4v) is 1.19. The molecule has 5 nitrogen and oxygen atoms in total. The van der Waals surface area contributed by atoms with Crippen molar-refractivity contribution in [3.63, 3.8) is 0 Å². The number of rotatable bonds is 0. The van der Waals surface area contributed by atoms with Gasteiger partial charge in [-0.1, -0.05) is 0 Å². The van der Waals surface area contributed by atoms with Crippen LogP contribution in [0.15, 0.2) is 0 Å². The maximum Gasteiger partial charge on any atom is 0.299 e. The molecule has 0 bridgehead atoms.